The summed E-state index contributed by atoms with van der Waals surface area (Å²) < 4.78 is 18.4. The first-order valence-corrected chi connectivity index (χ1v) is 14.0. The first kappa shape index (κ1) is 25.7. The van der Waals surface area contributed by atoms with Gasteiger partial charge in [0.1, 0.15) is 11.5 Å². The molecule has 1 aromatic rings. The van der Waals surface area contributed by atoms with E-state index in [-0.39, 0.29) is 5.92 Å². The summed E-state index contributed by atoms with van der Waals surface area (Å²) in [5.74, 6) is 2.25. The van der Waals surface area contributed by atoms with Crippen LogP contribution in [0, 0.1) is 5.92 Å². The molecule has 174 valence electrons. The van der Waals surface area contributed by atoms with Crippen molar-refractivity contribution in [2.75, 3.05) is 20.8 Å². The molecule has 0 saturated carbocycles. The molecule has 0 radical (unpaired) electrons. The molecule has 1 aliphatic carbocycles. The van der Waals surface area contributed by atoms with E-state index in [4.69, 9.17) is 13.9 Å². The molecule has 0 N–H and O–H groups in total. The summed E-state index contributed by atoms with van der Waals surface area (Å²) in [4.78, 5) is 0. The molecule has 0 aliphatic heterocycles. The SMILES string of the molecule is C=C1[C@@H](c2cc(OC)ccc2OC)C(CO[Si](C(C)C)(C(C)C)C(C)C)=CCC[C@H]1C. The van der Waals surface area contributed by atoms with E-state index in [9.17, 15) is 0 Å². The molecular weight excluding hydrogens is 400 g/mol. The summed E-state index contributed by atoms with van der Waals surface area (Å²) in [6.45, 7) is 21.6. The largest absolute Gasteiger partial charge is 0.497 e. The first-order valence-electron chi connectivity index (χ1n) is 11.8. The summed E-state index contributed by atoms with van der Waals surface area (Å²) in [5, 5.41) is 0. The van der Waals surface area contributed by atoms with Gasteiger partial charge in [0, 0.05) is 11.5 Å². The van der Waals surface area contributed by atoms with Crippen molar-refractivity contribution in [2.24, 2.45) is 5.92 Å². The molecule has 0 unspecified atom stereocenters. The number of methoxy groups -OCH3 is 2. The van der Waals surface area contributed by atoms with Gasteiger partial charge in [0.25, 0.3) is 0 Å². The summed E-state index contributed by atoms with van der Waals surface area (Å²) in [5.41, 5.74) is 5.37. The summed E-state index contributed by atoms with van der Waals surface area (Å²) >= 11 is 0. The number of allylic oxidation sites excluding steroid dienone is 2. The lowest BCUT2D eigenvalue weighted by Gasteiger charge is -2.43. The van der Waals surface area contributed by atoms with Crippen LogP contribution in [0.25, 0.3) is 0 Å². The van der Waals surface area contributed by atoms with E-state index in [0.717, 1.165) is 29.9 Å². The van der Waals surface area contributed by atoms with Gasteiger partial charge in [-0.25, -0.2) is 0 Å². The zero-order valence-corrected chi connectivity index (χ0v) is 22.2. The maximum absolute atomic E-state index is 7.03. The zero-order valence-electron chi connectivity index (χ0n) is 21.2. The van der Waals surface area contributed by atoms with E-state index in [2.05, 4.69) is 67.2 Å². The minimum atomic E-state index is -1.96. The van der Waals surface area contributed by atoms with Gasteiger partial charge in [-0.2, -0.15) is 0 Å². The molecule has 1 aliphatic rings. The van der Waals surface area contributed by atoms with Gasteiger partial charge in [0.15, 0.2) is 0 Å². The van der Waals surface area contributed by atoms with Crippen molar-refractivity contribution in [3.05, 3.63) is 47.6 Å². The van der Waals surface area contributed by atoms with Crippen molar-refractivity contribution in [3.8, 4) is 11.5 Å². The smallest absolute Gasteiger partial charge is 0.200 e. The molecule has 0 heterocycles. The average Bonchev–Trinajstić information content (AvgIpc) is 2.85. The van der Waals surface area contributed by atoms with Crippen molar-refractivity contribution in [3.63, 3.8) is 0 Å². The number of benzene rings is 1. The molecule has 0 spiro atoms. The number of hydrogen-bond donors (Lipinski definition) is 0. The molecule has 1 aromatic carbocycles. The predicted molar refractivity (Wildman–Crippen MR) is 135 cm³/mol. The van der Waals surface area contributed by atoms with Crippen LogP contribution in [0.3, 0.4) is 0 Å². The minimum absolute atomic E-state index is 0.0840. The highest BCUT2D eigenvalue weighted by molar-refractivity contribution is 6.77. The third-order valence-electron chi connectivity index (χ3n) is 7.32. The molecule has 0 aromatic heterocycles. The van der Waals surface area contributed by atoms with Crippen LogP contribution in [-0.2, 0) is 4.43 Å². The molecule has 0 amide bonds. The highest BCUT2D eigenvalue weighted by Gasteiger charge is 2.45. The molecular formula is C27H44O3Si. The van der Waals surface area contributed by atoms with Crippen LogP contribution in [0.2, 0.25) is 16.6 Å². The van der Waals surface area contributed by atoms with Gasteiger partial charge < -0.3 is 13.9 Å². The normalized spacial score (nSPS) is 20.3. The number of ether oxygens (including phenoxy) is 2. The fraction of sp³-hybridized carbons (Fsp3) is 0.630. The minimum Gasteiger partial charge on any atom is -0.497 e. The molecule has 31 heavy (non-hydrogen) atoms. The Labute approximate surface area is 192 Å². The predicted octanol–water partition coefficient (Wildman–Crippen LogP) is 7.89. The van der Waals surface area contributed by atoms with Crippen LogP contribution >= 0.6 is 0 Å². The maximum atomic E-state index is 7.03. The number of hydrogen-bond acceptors (Lipinski definition) is 3. The van der Waals surface area contributed by atoms with Crippen molar-refractivity contribution in [1.29, 1.82) is 0 Å². The third-order valence-corrected chi connectivity index (χ3v) is 13.4. The fourth-order valence-electron chi connectivity index (χ4n) is 5.66. The van der Waals surface area contributed by atoms with E-state index >= 15 is 0 Å². The summed E-state index contributed by atoms with van der Waals surface area (Å²) in [7, 11) is 1.49. The molecule has 4 heteroatoms. The number of rotatable bonds is 9. The van der Waals surface area contributed by atoms with Gasteiger partial charge in [-0.15, -0.1) is 0 Å². The van der Waals surface area contributed by atoms with Crippen LogP contribution in [0.1, 0.15) is 72.8 Å². The quantitative estimate of drug-likeness (QED) is 0.286. The van der Waals surface area contributed by atoms with Crippen molar-refractivity contribution in [1.82, 2.24) is 0 Å². The molecule has 0 bridgehead atoms. The molecule has 0 fully saturated rings. The monoisotopic (exact) mass is 444 g/mol. The Balaban J connectivity index is 2.51. The second-order valence-electron chi connectivity index (χ2n) is 9.98. The van der Waals surface area contributed by atoms with E-state index in [1.54, 1.807) is 14.2 Å². The van der Waals surface area contributed by atoms with Gasteiger partial charge in [-0.05, 0) is 59.2 Å². The Morgan fingerprint density at radius 1 is 1.00 bits per heavy atom. The lowest BCUT2D eigenvalue weighted by atomic mass is 9.80. The fourth-order valence-corrected chi connectivity index (χ4v) is 11.1. The van der Waals surface area contributed by atoms with Crippen molar-refractivity contribution < 1.29 is 13.9 Å². The maximum Gasteiger partial charge on any atom is 0.200 e. The Morgan fingerprint density at radius 3 is 2.13 bits per heavy atom. The Bertz CT molecular complexity index is 757. The van der Waals surface area contributed by atoms with Gasteiger partial charge >= 0.3 is 0 Å². The molecule has 2 rings (SSSR count). The van der Waals surface area contributed by atoms with Crippen molar-refractivity contribution >= 4 is 8.32 Å². The van der Waals surface area contributed by atoms with E-state index in [1.165, 1.54) is 11.1 Å². The van der Waals surface area contributed by atoms with Crippen LogP contribution in [0.15, 0.2) is 42.0 Å². The van der Waals surface area contributed by atoms with Gasteiger partial charge in [0.05, 0.1) is 20.8 Å². The van der Waals surface area contributed by atoms with Crippen LogP contribution in [0.5, 0.6) is 11.5 Å². The Morgan fingerprint density at radius 2 is 1.61 bits per heavy atom. The summed E-state index contributed by atoms with van der Waals surface area (Å²) in [6.07, 6.45) is 4.58. The van der Waals surface area contributed by atoms with Gasteiger partial charge in [0.2, 0.25) is 8.32 Å². The Kier molecular flexibility index (Phi) is 9.02. The second-order valence-corrected chi connectivity index (χ2v) is 15.4. The average molecular weight is 445 g/mol. The van der Waals surface area contributed by atoms with Crippen LogP contribution in [-0.4, -0.2) is 29.1 Å². The lowest BCUT2D eigenvalue weighted by molar-refractivity contribution is 0.301. The third kappa shape index (κ3) is 5.28. The molecule has 2 atom stereocenters. The van der Waals surface area contributed by atoms with Gasteiger partial charge in [-0.1, -0.05) is 66.7 Å². The van der Waals surface area contributed by atoms with E-state index in [1.807, 2.05) is 12.1 Å². The van der Waals surface area contributed by atoms with Crippen LogP contribution < -0.4 is 9.47 Å². The van der Waals surface area contributed by atoms with Gasteiger partial charge in [-0.3, -0.25) is 0 Å². The molecule has 3 nitrogen and oxygen atoms in total. The first-order chi connectivity index (χ1) is 14.6. The lowest BCUT2D eigenvalue weighted by Crippen LogP contribution is -2.48. The molecule has 0 saturated heterocycles. The topological polar surface area (TPSA) is 27.7 Å². The standard InChI is InChI=1S/C27H44O3Si/c1-18(2)31(19(3)4,20(5)6)30-17-23-13-11-12-21(7)22(8)27(23)25-16-24(28-9)14-15-26(25)29-10/h13-16,18-21,27H,8,11-12,17H2,1-7,9-10H3/t21-,27-/m1/s1. The highest BCUT2D eigenvalue weighted by Crippen LogP contribution is 2.46. The summed E-state index contributed by atoms with van der Waals surface area (Å²) in [6, 6.07) is 6.07. The highest BCUT2D eigenvalue weighted by atomic mass is 28.4. The Hall–Kier alpha value is -1.52. The van der Waals surface area contributed by atoms with E-state index in [0.29, 0.717) is 29.1 Å². The van der Waals surface area contributed by atoms with Crippen LogP contribution in [0.4, 0.5) is 0 Å². The van der Waals surface area contributed by atoms with E-state index < -0.39 is 8.32 Å². The zero-order chi connectivity index (χ0) is 23.3. The second kappa shape index (κ2) is 10.9. The van der Waals surface area contributed by atoms with Crippen molar-refractivity contribution in [2.45, 2.75) is 83.8 Å².